The van der Waals surface area contributed by atoms with Crippen molar-refractivity contribution in [2.45, 2.75) is 39.4 Å². The van der Waals surface area contributed by atoms with Gasteiger partial charge in [0.1, 0.15) is 5.76 Å². The van der Waals surface area contributed by atoms with E-state index in [1.54, 1.807) is 0 Å². The van der Waals surface area contributed by atoms with Crippen molar-refractivity contribution in [1.29, 1.82) is 0 Å². The fourth-order valence-corrected chi connectivity index (χ4v) is 2.99. The molecule has 1 aliphatic rings. The number of nitrogens with zero attached hydrogens (tertiary/aromatic N) is 2. The molecule has 1 aromatic heterocycles. The van der Waals surface area contributed by atoms with Gasteiger partial charge < -0.3 is 9.84 Å². The highest BCUT2D eigenvalue weighted by Crippen LogP contribution is 2.16. The molecule has 4 heteroatoms. The lowest BCUT2D eigenvalue weighted by Crippen LogP contribution is -2.32. The zero-order valence-electron chi connectivity index (χ0n) is 12.8. The van der Waals surface area contributed by atoms with E-state index in [1.807, 2.05) is 13.8 Å². The van der Waals surface area contributed by atoms with Crippen LogP contribution >= 0.6 is 0 Å². The maximum absolute atomic E-state index is 5.21. The number of aryl methyl sites for hydroxylation is 2. The maximum Gasteiger partial charge on any atom is 0.138 e. The van der Waals surface area contributed by atoms with Gasteiger partial charge in [0.15, 0.2) is 0 Å². The molecule has 21 heavy (non-hydrogen) atoms. The van der Waals surface area contributed by atoms with Gasteiger partial charge in [0.05, 0.1) is 5.69 Å². The van der Waals surface area contributed by atoms with Gasteiger partial charge in [-0.05, 0) is 25.8 Å². The summed E-state index contributed by atoms with van der Waals surface area (Å²) in [6.45, 7) is 8.15. The lowest BCUT2D eigenvalue weighted by molar-refractivity contribution is 0.319. The van der Waals surface area contributed by atoms with Crippen LogP contribution in [0, 0.1) is 13.8 Å². The predicted octanol–water partition coefficient (Wildman–Crippen LogP) is 2.66. The predicted molar refractivity (Wildman–Crippen MR) is 82.9 cm³/mol. The minimum atomic E-state index is 0.558. The molecule has 1 N–H and O–H groups in total. The summed E-state index contributed by atoms with van der Waals surface area (Å²) in [5.41, 5.74) is 3.60. The average molecular weight is 285 g/mol. The van der Waals surface area contributed by atoms with Gasteiger partial charge in [-0.25, -0.2) is 0 Å². The monoisotopic (exact) mass is 285 g/mol. The molecule has 3 rings (SSSR count). The normalized spacial score (nSPS) is 19.2. The zero-order chi connectivity index (χ0) is 14.7. The van der Waals surface area contributed by atoms with Crippen LogP contribution in [0.2, 0.25) is 0 Å². The van der Waals surface area contributed by atoms with Crippen molar-refractivity contribution in [1.82, 2.24) is 15.4 Å². The standard InChI is InChI=1S/C17H23N3O/c1-13-17(14(2)21-19-13)10-18-16-8-9-20(12-16)11-15-6-4-3-5-7-15/h3-7,16,18H,8-12H2,1-2H3. The number of hydrogen-bond acceptors (Lipinski definition) is 4. The third-order valence-corrected chi connectivity index (χ3v) is 4.27. The van der Waals surface area contributed by atoms with E-state index in [2.05, 4.69) is 45.7 Å². The smallest absolute Gasteiger partial charge is 0.138 e. The molecule has 2 aromatic rings. The molecule has 0 radical (unpaired) electrons. The van der Waals surface area contributed by atoms with Crippen molar-refractivity contribution < 1.29 is 4.52 Å². The Morgan fingerprint density at radius 2 is 2.10 bits per heavy atom. The summed E-state index contributed by atoms with van der Waals surface area (Å²) in [5, 5.41) is 7.65. The van der Waals surface area contributed by atoms with Gasteiger partial charge in [0, 0.05) is 37.8 Å². The summed E-state index contributed by atoms with van der Waals surface area (Å²) in [4.78, 5) is 2.51. The summed E-state index contributed by atoms with van der Waals surface area (Å²) in [5.74, 6) is 0.930. The molecule has 1 aliphatic heterocycles. The fraction of sp³-hybridized carbons (Fsp3) is 0.471. The Morgan fingerprint density at radius 1 is 1.29 bits per heavy atom. The molecule has 1 fully saturated rings. The minimum absolute atomic E-state index is 0.558. The summed E-state index contributed by atoms with van der Waals surface area (Å²) in [6.07, 6.45) is 1.20. The number of benzene rings is 1. The number of likely N-dealkylation sites (tertiary alicyclic amines) is 1. The average Bonchev–Trinajstić information content (AvgIpc) is 3.06. The van der Waals surface area contributed by atoms with Crippen molar-refractivity contribution in [3.8, 4) is 0 Å². The molecule has 2 heterocycles. The molecule has 0 spiro atoms. The molecule has 1 saturated heterocycles. The van der Waals surface area contributed by atoms with E-state index < -0.39 is 0 Å². The van der Waals surface area contributed by atoms with E-state index in [4.69, 9.17) is 4.52 Å². The third-order valence-electron chi connectivity index (χ3n) is 4.27. The fourth-order valence-electron chi connectivity index (χ4n) is 2.99. The maximum atomic E-state index is 5.21. The molecule has 0 bridgehead atoms. The molecule has 1 unspecified atom stereocenters. The quantitative estimate of drug-likeness (QED) is 0.917. The number of hydrogen-bond donors (Lipinski definition) is 1. The van der Waals surface area contributed by atoms with Gasteiger partial charge in [-0.1, -0.05) is 35.5 Å². The van der Waals surface area contributed by atoms with Gasteiger partial charge in [-0.2, -0.15) is 0 Å². The number of rotatable bonds is 5. The van der Waals surface area contributed by atoms with Gasteiger partial charge in [-0.15, -0.1) is 0 Å². The Hall–Kier alpha value is -1.65. The first-order valence-electron chi connectivity index (χ1n) is 7.64. The minimum Gasteiger partial charge on any atom is -0.361 e. The van der Waals surface area contributed by atoms with Crippen LogP contribution in [0.5, 0.6) is 0 Å². The molecule has 0 amide bonds. The largest absolute Gasteiger partial charge is 0.361 e. The number of nitrogens with one attached hydrogen (secondary N) is 1. The Balaban J connectivity index is 1.49. The van der Waals surface area contributed by atoms with E-state index in [9.17, 15) is 0 Å². The van der Waals surface area contributed by atoms with Gasteiger partial charge in [0.25, 0.3) is 0 Å². The van der Waals surface area contributed by atoms with Gasteiger partial charge in [0.2, 0.25) is 0 Å². The van der Waals surface area contributed by atoms with Crippen LogP contribution in [-0.2, 0) is 13.1 Å². The second-order valence-corrected chi connectivity index (χ2v) is 5.89. The van der Waals surface area contributed by atoms with Crippen LogP contribution in [0.25, 0.3) is 0 Å². The second kappa shape index (κ2) is 6.41. The molecular formula is C17H23N3O. The van der Waals surface area contributed by atoms with E-state index in [0.29, 0.717) is 6.04 Å². The Kier molecular flexibility index (Phi) is 4.36. The first-order valence-corrected chi connectivity index (χ1v) is 7.64. The Bertz CT molecular complexity index is 559. The molecule has 0 saturated carbocycles. The van der Waals surface area contributed by atoms with Crippen molar-refractivity contribution in [3.63, 3.8) is 0 Å². The molecule has 0 aliphatic carbocycles. The second-order valence-electron chi connectivity index (χ2n) is 5.89. The van der Waals surface area contributed by atoms with Crippen molar-refractivity contribution in [3.05, 3.63) is 52.9 Å². The lowest BCUT2D eigenvalue weighted by atomic mass is 10.2. The highest BCUT2D eigenvalue weighted by molar-refractivity contribution is 5.20. The third kappa shape index (κ3) is 3.52. The SMILES string of the molecule is Cc1noc(C)c1CNC1CCN(Cc2ccccc2)C1. The van der Waals surface area contributed by atoms with Crippen LogP contribution in [0.3, 0.4) is 0 Å². The first kappa shape index (κ1) is 14.3. The Morgan fingerprint density at radius 3 is 2.81 bits per heavy atom. The van der Waals surface area contributed by atoms with Crippen LogP contribution in [-0.4, -0.2) is 29.2 Å². The highest BCUT2D eigenvalue weighted by atomic mass is 16.5. The molecule has 1 aromatic carbocycles. The van der Waals surface area contributed by atoms with E-state index >= 15 is 0 Å². The topological polar surface area (TPSA) is 41.3 Å². The summed E-state index contributed by atoms with van der Waals surface area (Å²) in [6, 6.07) is 11.2. The molecule has 1 atom stereocenters. The molecule has 4 nitrogen and oxygen atoms in total. The molecule has 112 valence electrons. The van der Waals surface area contributed by atoms with E-state index in [1.165, 1.54) is 17.5 Å². The van der Waals surface area contributed by atoms with Gasteiger partial charge >= 0.3 is 0 Å². The van der Waals surface area contributed by atoms with Crippen LogP contribution < -0.4 is 5.32 Å². The first-order chi connectivity index (χ1) is 10.2. The summed E-state index contributed by atoms with van der Waals surface area (Å²) in [7, 11) is 0. The summed E-state index contributed by atoms with van der Waals surface area (Å²) >= 11 is 0. The zero-order valence-corrected chi connectivity index (χ0v) is 12.8. The highest BCUT2D eigenvalue weighted by Gasteiger charge is 2.22. The summed E-state index contributed by atoms with van der Waals surface area (Å²) < 4.78 is 5.21. The number of aromatic nitrogens is 1. The van der Waals surface area contributed by atoms with E-state index in [-0.39, 0.29) is 0 Å². The van der Waals surface area contributed by atoms with Gasteiger partial charge in [-0.3, -0.25) is 4.90 Å². The molecular weight excluding hydrogens is 262 g/mol. The van der Waals surface area contributed by atoms with Crippen LogP contribution in [0.15, 0.2) is 34.9 Å². The van der Waals surface area contributed by atoms with Crippen molar-refractivity contribution >= 4 is 0 Å². The van der Waals surface area contributed by atoms with Crippen LogP contribution in [0.4, 0.5) is 0 Å². The van der Waals surface area contributed by atoms with Crippen molar-refractivity contribution in [2.24, 2.45) is 0 Å². The Labute approximate surface area is 126 Å². The van der Waals surface area contributed by atoms with E-state index in [0.717, 1.165) is 37.6 Å². The van der Waals surface area contributed by atoms with Crippen molar-refractivity contribution in [2.75, 3.05) is 13.1 Å². The lowest BCUT2D eigenvalue weighted by Gasteiger charge is -2.16. The van der Waals surface area contributed by atoms with Crippen LogP contribution in [0.1, 0.15) is 29.0 Å².